The summed E-state index contributed by atoms with van der Waals surface area (Å²) in [6, 6.07) is 5.22. The molecule has 1 rings (SSSR count). The lowest BCUT2D eigenvalue weighted by molar-refractivity contribution is -0.117. The molecule has 0 aliphatic carbocycles. The molecule has 1 aromatic rings. The number of phenolic OH excluding ortho intramolecular Hbond substituents is 1. The zero-order chi connectivity index (χ0) is 17.2. The summed E-state index contributed by atoms with van der Waals surface area (Å²) in [5, 5.41) is 22.0. The van der Waals surface area contributed by atoms with E-state index >= 15 is 0 Å². The van der Waals surface area contributed by atoms with Crippen LogP contribution < -0.4 is 10.1 Å². The van der Waals surface area contributed by atoms with Crippen molar-refractivity contribution in [1.82, 2.24) is 5.32 Å². The van der Waals surface area contributed by atoms with Crippen LogP contribution in [0.3, 0.4) is 0 Å². The number of benzene rings is 1. The molecule has 0 aromatic heterocycles. The largest absolute Gasteiger partial charge is 0.504 e. The Balaban J connectivity index is 3.24. The smallest absolute Gasteiger partial charge is 0.261 e. The van der Waals surface area contributed by atoms with Crippen LogP contribution in [0.15, 0.2) is 30.4 Å². The molecule has 1 aromatic carbocycles. The van der Waals surface area contributed by atoms with Gasteiger partial charge in [-0.15, -0.1) is 6.58 Å². The molecule has 0 aliphatic heterocycles. The zero-order valence-corrected chi connectivity index (χ0v) is 13.6. The summed E-state index contributed by atoms with van der Waals surface area (Å²) in [4.78, 5) is 11.9. The van der Waals surface area contributed by atoms with Gasteiger partial charge in [0.25, 0.3) is 5.91 Å². The summed E-state index contributed by atoms with van der Waals surface area (Å²) >= 11 is 0. The fraction of sp³-hybridized carbons (Fsp3) is 0.333. The van der Waals surface area contributed by atoms with Crippen LogP contribution in [0.5, 0.6) is 11.5 Å². The van der Waals surface area contributed by atoms with Crippen molar-refractivity contribution >= 4 is 12.0 Å². The average Bonchev–Trinajstić information content (AvgIpc) is 2.54. The highest BCUT2D eigenvalue weighted by Gasteiger charge is 2.12. The number of carbonyl (C=O) groups excluding carboxylic acids is 1. The molecule has 0 aliphatic rings. The molecule has 0 bridgehead atoms. The predicted molar refractivity (Wildman–Crippen MR) is 90.1 cm³/mol. The van der Waals surface area contributed by atoms with Crippen molar-refractivity contribution < 1.29 is 14.6 Å². The number of nitrogens with one attached hydrogen (secondary N) is 1. The van der Waals surface area contributed by atoms with Crippen LogP contribution in [-0.2, 0) is 11.2 Å². The number of amides is 1. The number of allylic oxidation sites excluding steroid dienone is 1. The van der Waals surface area contributed by atoms with Crippen molar-refractivity contribution in [2.45, 2.75) is 26.7 Å². The first-order chi connectivity index (χ1) is 11.1. The quantitative estimate of drug-likeness (QED) is 0.439. The lowest BCUT2D eigenvalue weighted by Crippen LogP contribution is -2.25. The predicted octanol–water partition coefficient (Wildman–Crippen LogP) is 2.95. The zero-order valence-electron chi connectivity index (χ0n) is 13.6. The minimum absolute atomic E-state index is 0.0103. The van der Waals surface area contributed by atoms with Crippen molar-refractivity contribution in [2.24, 2.45) is 0 Å². The highest BCUT2D eigenvalue weighted by molar-refractivity contribution is 6.01. The molecule has 5 nitrogen and oxygen atoms in total. The standard InChI is InChI=1S/C18H22N2O3/c1-4-7-14-9-13(11-16(17(14)21)23-6-3)10-15(12-19)18(22)20-8-5-2/h4,9-11,21H,1,5-8H2,2-3H3,(H,20,22). The van der Waals surface area contributed by atoms with Crippen LogP contribution in [-0.4, -0.2) is 24.2 Å². The van der Waals surface area contributed by atoms with E-state index in [0.717, 1.165) is 6.42 Å². The first-order valence-electron chi connectivity index (χ1n) is 7.56. The summed E-state index contributed by atoms with van der Waals surface area (Å²) in [6.45, 7) is 8.32. The van der Waals surface area contributed by atoms with E-state index in [0.29, 0.717) is 36.4 Å². The van der Waals surface area contributed by atoms with Gasteiger partial charge in [-0.25, -0.2) is 0 Å². The van der Waals surface area contributed by atoms with Crippen molar-refractivity contribution in [3.63, 3.8) is 0 Å². The Morgan fingerprint density at radius 3 is 2.78 bits per heavy atom. The van der Waals surface area contributed by atoms with E-state index in [4.69, 9.17) is 4.74 Å². The van der Waals surface area contributed by atoms with E-state index in [1.807, 2.05) is 19.9 Å². The molecule has 0 saturated heterocycles. The fourth-order valence-electron chi connectivity index (χ4n) is 2.00. The Hall–Kier alpha value is -2.74. The van der Waals surface area contributed by atoms with E-state index in [9.17, 15) is 15.2 Å². The number of aromatic hydroxyl groups is 1. The normalized spacial score (nSPS) is 10.7. The van der Waals surface area contributed by atoms with Crippen LogP contribution >= 0.6 is 0 Å². The minimum atomic E-state index is -0.411. The van der Waals surface area contributed by atoms with E-state index < -0.39 is 5.91 Å². The van der Waals surface area contributed by atoms with Crippen molar-refractivity contribution in [3.8, 4) is 17.6 Å². The highest BCUT2D eigenvalue weighted by Crippen LogP contribution is 2.33. The maximum absolute atomic E-state index is 11.9. The summed E-state index contributed by atoms with van der Waals surface area (Å²) in [5.74, 6) is -0.0344. The van der Waals surface area contributed by atoms with E-state index in [2.05, 4.69) is 11.9 Å². The van der Waals surface area contributed by atoms with Crippen molar-refractivity contribution in [3.05, 3.63) is 41.5 Å². The molecule has 122 valence electrons. The summed E-state index contributed by atoms with van der Waals surface area (Å²) in [5.41, 5.74) is 1.26. The molecule has 0 fully saturated rings. The second-order valence-corrected chi connectivity index (χ2v) is 4.88. The number of ether oxygens (including phenoxy) is 1. The molecule has 5 heteroatoms. The molecule has 0 saturated carbocycles. The van der Waals surface area contributed by atoms with E-state index in [-0.39, 0.29) is 11.3 Å². The molecular formula is C18H22N2O3. The van der Waals surface area contributed by atoms with Gasteiger partial charge in [0.2, 0.25) is 0 Å². The molecule has 0 heterocycles. The first kappa shape index (κ1) is 18.3. The van der Waals surface area contributed by atoms with E-state index in [1.165, 1.54) is 6.08 Å². The van der Waals surface area contributed by atoms with Gasteiger partial charge in [-0.05, 0) is 43.5 Å². The molecule has 0 atom stereocenters. The third-order valence-electron chi connectivity index (χ3n) is 3.05. The third-order valence-corrected chi connectivity index (χ3v) is 3.05. The van der Waals surface area contributed by atoms with Gasteiger partial charge in [-0.1, -0.05) is 13.0 Å². The molecular weight excluding hydrogens is 292 g/mol. The fourth-order valence-corrected chi connectivity index (χ4v) is 2.00. The topological polar surface area (TPSA) is 82.4 Å². The van der Waals surface area contributed by atoms with Gasteiger partial charge in [0.15, 0.2) is 11.5 Å². The summed E-state index contributed by atoms with van der Waals surface area (Å²) in [6.07, 6.45) is 4.40. The van der Waals surface area contributed by atoms with Gasteiger partial charge in [-0.3, -0.25) is 4.79 Å². The van der Waals surface area contributed by atoms with Crippen molar-refractivity contribution in [1.29, 1.82) is 5.26 Å². The first-order valence-corrected chi connectivity index (χ1v) is 7.56. The lowest BCUT2D eigenvalue weighted by atomic mass is 10.0. The Kier molecular flexibility index (Phi) is 7.41. The number of hydrogen-bond donors (Lipinski definition) is 2. The molecule has 0 radical (unpaired) electrons. The molecule has 0 unspecified atom stereocenters. The highest BCUT2D eigenvalue weighted by atomic mass is 16.5. The van der Waals surface area contributed by atoms with Gasteiger partial charge in [0, 0.05) is 12.1 Å². The monoisotopic (exact) mass is 314 g/mol. The number of nitrogens with zero attached hydrogens (tertiary/aromatic N) is 1. The summed E-state index contributed by atoms with van der Waals surface area (Å²) in [7, 11) is 0. The van der Waals surface area contributed by atoms with Gasteiger partial charge < -0.3 is 15.2 Å². The molecule has 23 heavy (non-hydrogen) atoms. The SMILES string of the molecule is C=CCc1cc(C=C(C#N)C(=O)NCCC)cc(OCC)c1O. The van der Waals surface area contributed by atoms with Crippen LogP contribution in [0.2, 0.25) is 0 Å². The second-order valence-electron chi connectivity index (χ2n) is 4.88. The maximum Gasteiger partial charge on any atom is 0.261 e. The Morgan fingerprint density at radius 1 is 1.48 bits per heavy atom. The average molecular weight is 314 g/mol. The number of rotatable bonds is 8. The second kappa shape index (κ2) is 9.31. The van der Waals surface area contributed by atoms with Gasteiger partial charge in [0.05, 0.1) is 6.61 Å². The minimum Gasteiger partial charge on any atom is -0.504 e. The number of phenols is 1. The number of nitriles is 1. The maximum atomic E-state index is 11.9. The Bertz CT molecular complexity index is 642. The molecule has 2 N–H and O–H groups in total. The Morgan fingerprint density at radius 2 is 2.22 bits per heavy atom. The van der Waals surface area contributed by atoms with E-state index in [1.54, 1.807) is 18.2 Å². The van der Waals surface area contributed by atoms with Crippen LogP contribution in [0.25, 0.3) is 6.08 Å². The van der Waals surface area contributed by atoms with Crippen molar-refractivity contribution in [2.75, 3.05) is 13.2 Å². The number of carbonyl (C=O) groups is 1. The molecule has 0 spiro atoms. The summed E-state index contributed by atoms with van der Waals surface area (Å²) < 4.78 is 5.41. The Labute approximate surface area is 136 Å². The molecule has 1 amide bonds. The lowest BCUT2D eigenvalue weighted by Gasteiger charge is -2.11. The number of hydrogen-bond acceptors (Lipinski definition) is 4. The van der Waals surface area contributed by atoms with Crippen LogP contribution in [0, 0.1) is 11.3 Å². The van der Waals surface area contributed by atoms with Gasteiger partial charge in [0.1, 0.15) is 11.6 Å². The van der Waals surface area contributed by atoms with Gasteiger partial charge >= 0.3 is 0 Å². The van der Waals surface area contributed by atoms with Gasteiger partial charge in [-0.2, -0.15) is 5.26 Å². The van der Waals surface area contributed by atoms with Crippen LogP contribution in [0.4, 0.5) is 0 Å². The van der Waals surface area contributed by atoms with Crippen LogP contribution in [0.1, 0.15) is 31.4 Å². The third kappa shape index (κ3) is 5.19.